The van der Waals surface area contributed by atoms with Crippen molar-refractivity contribution in [2.75, 3.05) is 57.9 Å². The first-order valence-corrected chi connectivity index (χ1v) is 17.1. The number of halogens is 4. The van der Waals surface area contributed by atoms with E-state index in [4.69, 9.17) is 5.73 Å². The Bertz CT molecular complexity index is 1400. The van der Waals surface area contributed by atoms with Gasteiger partial charge in [-0.3, -0.25) is 9.59 Å². The molecule has 0 bridgehead atoms. The number of likely N-dealkylation sites (tertiary alicyclic amines) is 2. The summed E-state index contributed by atoms with van der Waals surface area (Å²) in [4.78, 5) is 47.9. The number of nitrogens with zero attached hydrogens (tertiary/aromatic N) is 4. The number of fused-ring (bicyclic) bond motifs is 1. The predicted molar refractivity (Wildman–Crippen MR) is 172 cm³/mol. The van der Waals surface area contributed by atoms with Crippen LogP contribution in [0.4, 0.5) is 29.3 Å². The average molecular weight is 714 g/mol. The van der Waals surface area contributed by atoms with Gasteiger partial charge in [-0.1, -0.05) is 0 Å². The fraction of sp³-hybridized carbons (Fsp3) is 0.581. The molecule has 0 saturated carbocycles. The summed E-state index contributed by atoms with van der Waals surface area (Å²) in [5.41, 5.74) is 6.62. The van der Waals surface area contributed by atoms with Crippen LogP contribution in [0.1, 0.15) is 48.8 Å². The van der Waals surface area contributed by atoms with Crippen LogP contribution >= 0.6 is 27.3 Å². The van der Waals surface area contributed by atoms with Gasteiger partial charge in [0.25, 0.3) is 0 Å². The molecular weight excluding hydrogens is 673 g/mol. The van der Waals surface area contributed by atoms with Crippen LogP contribution in [0.2, 0.25) is 0 Å². The number of amides is 4. The molecule has 1 aromatic heterocycles. The lowest BCUT2D eigenvalue weighted by Gasteiger charge is -2.39. The van der Waals surface area contributed by atoms with Crippen LogP contribution in [0.5, 0.6) is 0 Å². The van der Waals surface area contributed by atoms with Crippen LogP contribution in [-0.2, 0) is 28.6 Å². The molecule has 0 spiro atoms. The first kappa shape index (κ1) is 33.5. The van der Waals surface area contributed by atoms with Crippen LogP contribution in [0, 0.1) is 5.92 Å². The quantitative estimate of drug-likeness (QED) is 0.380. The van der Waals surface area contributed by atoms with Crippen molar-refractivity contribution in [2.24, 2.45) is 5.92 Å². The Balaban J connectivity index is 1.27. The normalized spacial score (nSPS) is 19.4. The third kappa shape index (κ3) is 7.76. The van der Waals surface area contributed by atoms with Gasteiger partial charge in [0.15, 0.2) is 0 Å². The molecule has 2 saturated heterocycles. The van der Waals surface area contributed by atoms with Crippen LogP contribution in [0.25, 0.3) is 0 Å². The number of benzene rings is 1. The predicted octanol–water partition coefficient (Wildman–Crippen LogP) is 5.29. The number of hydrogen-bond acceptors (Lipinski definition) is 6. The molecule has 0 unspecified atom stereocenters. The van der Waals surface area contributed by atoms with Gasteiger partial charge in [0.1, 0.15) is 0 Å². The average Bonchev–Trinajstić information content (AvgIpc) is 3.37. The molecule has 246 valence electrons. The second-order valence-electron chi connectivity index (χ2n) is 12.5. The Morgan fingerprint density at radius 2 is 1.73 bits per heavy atom. The Kier molecular flexibility index (Phi) is 10.3. The van der Waals surface area contributed by atoms with E-state index in [2.05, 4.69) is 31.5 Å². The highest BCUT2D eigenvalue weighted by Gasteiger charge is 2.37. The van der Waals surface area contributed by atoms with E-state index in [1.54, 1.807) is 21.1 Å². The van der Waals surface area contributed by atoms with Gasteiger partial charge in [-0.05, 0) is 97.2 Å². The maximum Gasteiger partial charge on any atom is 0.418 e. The Hall–Kier alpha value is -2.84. The van der Waals surface area contributed by atoms with Crippen molar-refractivity contribution in [3.63, 3.8) is 0 Å². The molecule has 3 aliphatic rings. The highest BCUT2D eigenvalue weighted by Crippen LogP contribution is 2.39. The van der Waals surface area contributed by atoms with Gasteiger partial charge in [-0.15, -0.1) is 11.3 Å². The van der Waals surface area contributed by atoms with E-state index in [1.807, 2.05) is 24.4 Å². The molecule has 45 heavy (non-hydrogen) atoms. The zero-order chi connectivity index (χ0) is 32.5. The Morgan fingerprint density at radius 3 is 2.38 bits per heavy atom. The van der Waals surface area contributed by atoms with Crippen LogP contribution in [0.15, 0.2) is 27.4 Å². The molecule has 14 heteroatoms. The lowest BCUT2D eigenvalue weighted by molar-refractivity contribution is -0.143. The second kappa shape index (κ2) is 13.9. The molecule has 2 fully saturated rings. The van der Waals surface area contributed by atoms with Gasteiger partial charge in [-0.2, -0.15) is 13.2 Å². The maximum atomic E-state index is 13.9. The second-order valence-corrected chi connectivity index (χ2v) is 14.1. The summed E-state index contributed by atoms with van der Waals surface area (Å²) in [6, 6.07) is 2.69. The molecule has 2 aromatic rings. The van der Waals surface area contributed by atoms with Crippen molar-refractivity contribution in [2.45, 2.75) is 63.2 Å². The molecule has 0 radical (unpaired) electrons. The fourth-order valence-corrected chi connectivity index (χ4v) is 8.02. The molecule has 4 heterocycles. The van der Waals surface area contributed by atoms with E-state index in [9.17, 15) is 27.6 Å². The Labute approximate surface area is 274 Å². The van der Waals surface area contributed by atoms with Crippen molar-refractivity contribution >= 4 is 56.5 Å². The van der Waals surface area contributed by atoms with E-state index in [-0.39, 0.29) is 46.8 Å². The summed E-state index contributed by atoms with van der Waals surface area (Å²) in [5.74, 6) is -1.24. The zero-order valence-corrected chi connectivity index (χ0v) is 27.9. The summed E-state index contributed by atoms with van der Waals surface area (Å²) in [6.45, 7) is 2.54. The smallest absolute Gasteiger partial charge is 0.397 e. The van der Waals surface area contributed by atoms with Crippen LogP contribution < -0.4 is 11.1 Å². The molecule has 3 aliphatic heterocycles. The summed E-state index contributed by atoms with van der Waals surface area (Å²) in [5, 5.41) is 6.99. The number of nitrogens with two attached hydrogens (primary N) is 1. The van der Waals surface area contributed by atoms with Crippen molar-refractivity contribution in [1.82, 2.24) is 19.6 Å². The summed E-state index contributed by atoms with van der Waals surface area (Å²) < 4.78 is 41.3. The number of alkyl halides is 3. The van der Waals surface area contributed by atoms with Crippen molar-refractivity contribution < 1.29 is 27.6 Å². The minimum Gasteiger partial charge on any atom is -0.397 e. The zero-order valence-electron chi connectivity index (χ0n) is 25.5. The number of nitrogen functional groups attached to an aromatic ring is 1. The number of piperidine rings is 2. The van der Waals surface area contributed by atoms with Gasteiger partial charge >= 0.3 is 12.2 Å². The van der Waals surface area contributed by atoms with Crippen LogP contribution in [-0.4, -0.2) is 96.3 Å². The molecular formula is C31H40BrF3N6O3S. The van der Waals surface area contributed by atoms with E-state index >= 15 is 0 Å². The molecule has 3 N–H and O–H groups in total. The van der Waals surface area contributed by atoms with Crippen molar-refractivity contribution in [1.29, 1.82) is 0 Å². The van der Waals surface area contributed by atoms with Crippen molar-refractivity contribution in [3.05, 3.63) is 44.1 Å². The third-order valence-corrected chi connectivity index (χ3v) is 10.8. The first-order valence-electron chi connectivity index (χ1n) is 15.3. The third-order valence-electron chi connectivity index (χ3n) is 9.38. The van der Waals surface area contributed by atoms with Crippen LogP contribution in [0.3, 0.4) is 0 Å². The lowest BCUT2D eigenvalue weighted by Crippen LogP contribution is -2.51. The Morgan fingerprint density at radius 1 is 1.07 bits per heavy atom. The summed E-state index contributed by atoms with van der Waals surface area (Å²) in [6.07, 6.45) is -1.22. The molecule has 5 rings (SSSR count). The van der Waals surface area contributed by atoms with E-state index in [1.165, 1.54) is 6.07 Å². The minimum absolute atomic E-state index is 0.00920. The van der Waals surface area contributed by atoms with E-state index in [0.717, 1.165) is 36.6 Å². The number of anilines is 2. The van der Waals surface area contributed by atoms with Gasteiger partial charge < -0.3 is 30.7 Å². The number of carbonyl (C=O) groups is 3. The molecule has 1 atom stereocenters. The van der Waals surface area contributed by atoms with Gasteiger partial charge in [0.05, 0.1) is 22.9 Å². The largest absolute Gasteiger partial charge is 0.418 e. The lowest BCUT2D eigenvalue weighted by atomic mass is 9.91. The van der Waals surface area contributed by atoms with Gasteiger partial charge in [-0.25, -0.2) is 4.79 Å². The van der Waals surface area contributed by atoms with Gasteiger partial charge in [0.2, 0.25) is 11.8 Å². The monoisotopic (exact) mass is 712 g/mol. The number of urea groups is 1. The summed E-state index contributed by atoms with van der Waals surface area (Å²) in [7, 11) is 4.01. The number of nitrogens with one attached hydrogen (secondary N) is 1. The van der Waals surface area contributed by atoms with Gasteiger partial charge in [0, 0.05) is 61.1 Å². The standard InChI is InChI=1S/C31H40BrF3N6O3S/c1-38(2)22-4-10-40(11-5-22)29(43)21(13-19-14-24(31(33,34)35)28(36)25(32)15-19)16-27(42)39-8-6-23(7-9-39)41-12-3-20-17-45-18-26(20)37-30(41)44/h14-15,17-18,21-23H,3-13,16,36H2,1-2H3,(H,37,44)/t21-/m0/s1. The fourth-order valence-electron chi connectivity index (χ4n) is 6.69. The topological polar surface area (TPSA) is 102 Å². The number of thiophene rings is 1. The highest BCUT2D eigenvalue weighted by molar-refractivity contribution is 9.10. The van der Waals surface area contributed by atoms with E-state index in [0.29, 0.717) is 51.6 Å². The van der Waals surface area contributed by atoms with Crippen molar-refractivity contribution in [3.8, 4) is 0 Å². The molecule has 1 aromatic carbocycles. The minimum atomic E-state index is -4.66. The number of rotatable bonds is 7. The highest BCUT2D eigenvalue weighted by atomic mass is 79.9. The first-order chi connectivity index (χ1) is 21.3. The molecule has 9 nitrogen and oxygen atoms in total. The summed E-state index contributed by atoms with van der Waals surface area (Å²) >= 11 is 4.71. The molecule has 4 amide bonds. The SMILES string of the molecule is CN(C)C1CCN(C(=O)[C@H](CC(=O)N2CCC(N3CCc4cscc4NC3=O)CC2)Cc2cc(Br)c(N)c(C(F)(F)F)c2)CC1. The number of hydrogen-bond donors (Lipinski definition) is 2. The number of carbonyl (C=O) groups excluding carboxylic acids is 3. The molecule has 0 aliphatic carbocycles. The van der Waals surface area contributed by atoms with E-state index < -0.39 is 23.3 Å². The maximum absolute atomic E-state index is 13.9.